The molecule has 3 aromatic carbocycles. The van der Waals surface area contributed by atoms with Gasteiger partial charge in [0, 0.05) is 42.1 Å². The molecule has 0 aliphatic carbocycles. The van der Waals surface area contributed by atoms with E-state index in [1.165, 1.54) is 4.90 Å². The molecular weight excluding hydrogens is 518 g/mol. The smallest absolute Gasteiger partial charge is 0.264 e. The Morgan fingerprint density at radius 1 is 1.15 bits per heavy atom. The zero-order valence-electron chi connectivity index (χ0n) is 23.0. The van der Waals surface area contributed by atoms with Crippen molar-refractivity contribution in [1.82, 2.24) is 4.90 Å². The molecule has 0 aromatic heterocycles. The maximum absolute atomic E-state index is 13.7. The Morgan fingerprint density at radius 2 is 1.93 bits per heavy atom. The second kappa shape index (κ2) is 10.3. The lowest BCUT2D eigenvalue weighted by molar-refractivity contribution is -0.139. The number of rotatable bonds is 8. The number of carbonyl (C=O) groups is 3. The minimum atomic E-state index is -1.91. The number of carbonyl (C=O) groups excluding carboxylic acids is 3. The molecule has 3 heterocycles. The average molecular weight is 552 g/mol. The van der Waals surface area contributed by atoms with Crippen molar-refractivity contribution in [3.05, 3.63) is 90.5 Å². The molecular formula is C33H33N3O5. The van der Waals surface area contributed by atoms with E-state index in [0.29, 0.717) is 29.0 Å². The van der Waals surface area contributed by atoms with E-state index in [1.807, 2.05) is 36.4 Å². The van der Waals surface area contributed by atoms with E-state index in [2.05, 4.69) is 6.58 Å². The molecule has 1 saturated heterocycles. The number of benzene rings is 3. The molecule has 0 unspecified atom stereocenters. The molecule has 3 aliphatic rings. The summed E-state index contributed by atoms with van der Waals surface area (Å²) in [6.45, 7) is 6.30. The fraction of sp³-hybridized carbons (Fsp3) is 0.303. The standard InChI is InChI=1S/C33H33N3O5/c1-3-17-35-27-16-15-23(36-28-13-6-10-22-9-5-12-25(30(22)28)31(36)39)19-26(27)33(41,32(35)40)21(2)8-4-14-29(38)34-18-7-11-24(34)20-37/h3-6,8-10,12-13,15-16,19,21,24,37,41H,1,7,11,14,17-18,20H2,2H3/b8-4+/t21-,24+,33+/m1/s1. The van der Waals surface area contributed by atoms with Gasteiger partial charge < -0.3 is 20.0 Å². The zero-order valence-corrected chi connectivity index (χ0v) is 23.0. The number of fused-ring (bicyclic) bond motifs is 1. The summed E-state index contributed by atoms with van der Waals surface area (Å²) in [6.07, 6.45) is 6.75. The van der Waals surface area contributed by atoms with E-state index in [-0.39, 0.29) is 37.4 Å². The first-order chi connectivity index (χ1) is 19.8. The second-order valence-electron chi connectivity index (χ2n) is 11.0. The Balaban J connectivity index is 1.34. The molecule has 0 radical (unpaired) electrons. The van der Waals surface area contributed by atoms with Gasteiger partial charge in [-0.15, -0.1) is 6.58 Å². The lowest BCUT2D eigenvalue weighted by atomic mass is 9.82. The van der Waals surface area contributed by atoms with E-state index >= 15 is 0 Å². The van der Waals surface area contributed by atoms with E-state index in [9.17, 15) is 24.6 Å². The van der Waals surface area contributed by atoms with Crippen LogP contribution in [0.3, 0.4) is 0 Å². The summed E-state index contributed by atoms with van der Waals surface area (Å²) in [7, 11) is 0. The normalized spacial score (nSPS) is 22.3. The maximum Gasteiger partial charge on any atom is 0.264 e. The highest BCUT2D eigenvalue weighted by atomic mass is 16.3. The topological polar surface area (TPSA) is 101 Å². The van der Waals surface area contributed by atoms with Gasteiger partial charge in [-0.05, 0) is 48.6 Å². The summed E-state index contributed by atoms with van der Waals surface area (Å²) in [4.78, 5) is 44.9. The van der Waals surface area contributed by atoms with Crippen molar-refractivity contribution in [2.75, 3.05) is 29.5 Å². The van der Waals surface area contributed by atoms with Crippen LogP contribution < -0.4 is 9.80 Å². The Labute approximate surface area is 238 Å². The molecule has 0 bridgehead atoms. The number of aliphatic hydroxyl groups excluding tert-OH is 1. The SMILES string of the molecule is C=CCN1C(=O)[C@](O)([C@H](C)/C=C/CC(=O)N2CCC[C@H]2CO)c2cc(N3C(=O)c4cccc5cccc3c45)ccc21. The van der Waals surface area contributed by atoms with Crippen LogP contribution in [-0.2, 0) is 15.2 Å². The molecule has 210 valence electrons. The fourth-order valence-corrected chi connectivity index (χ4v) is 6.54. The van der Waals surface area contributed by atoms with Gasteiger partial charge >= 0.3 is 0 Å². The van der Waals surface area contributed by atoms with Crippen LogP contribution in [0.15, 0.2) is 79.4 Å². The number of amides is 3. The number of hydrogen-bond donors (Lipinski definition) is 2. The van der Waals surface area contributed by atoms with Crippen LogP contribution in [0, 0.1) is 5.92 Å². The van der Waals surface area contributed by atoms with Crippen molar-refractivity contribution in [3.63, 3.8) is 0 Å². The van der Waals surface area contributed by atoms with Crippen molar-refractivity contribution in [3.8, 4) is 0 Å². The van der Waals surface area contributed by atoms with Crippen LogP contribution >= 0.6 is 0 Å². The van der Waals surface area contributed by atoms with Crippen LogP contribution in [-0.4, -0.2) is 58.6 Å². The molecule has 3 aliphatic heterocycles. The number of aliphatic hydroxyl groups is 2. The Morgan fingerprint density at radius 3 is 2.68 bits per heavy atom. The predicted octanol–water partition coefficient (Wildman–Crippen LogP) is 4.42. The molecule has 6 rings (SSSR count). The summed E-state index contributed by atoms with van der Waals surface area (Å²) < 4.78 is 0. The first kappa shape index (κ1) is 26.9. The van der Waals surface area contributed by atoms with Gasteiger partial charge in [-0.3, -0.25) is 19.3 Å². The first-order valence-corrected chi connectivity index (χ1v) is 14.0. The summed E-state index contributed by atoms with van der Waals surface area (Å²) in [5.41, 5.74) is 0.981. The summed E-state index contributed by atoms with van der Waals surface area (Å²) in [5.74, 6) is -1.41. The third kappa shape index (κ3) is 4.09. The molecule has 8 heteroatoms. The van der Waals surface area contributed by atoms with Crippen LogP contribution in [0.4, 0.5) is 17.1 Å². The van der Waals surface area contributed by atoms with Crippen molar-refractivity contribution in [1.29, 1.82) is 0 Å². The Kier molecular flexibility index (Phi) is 6.76. The summed E-state index contributed by atoms with van der Waals surface area (Å²) in [6, 6.07) is 16.6. The average Bonchev–Trinajstić information content (AvgIpc) is 3.64. The van der Waals surface area contributed by atoms with Crippen LogP contribution in [0.25, 0.3) is 10.8 Å². The first-order valence-electron chi connectivity index (χ1n) is 14.0. The van der Waals surface area contributed by atoms with Gasteiger partial charge in [0.05, 0.1) is 29.6 Å². The number of anilines is 3. The van der Waals surface area contributed by atoms with Crippen molar-refractivity contribution in [2.24, 2.45) is 5.92 Å². The van der Waals surface area contributed by atoms with Gasteiger partial charge in [0.25, 0.3) is 11.8 Å². The predicted molar refractivity (Wildman–Crippen MR) is 158 cm³/mol. The van der Waals surface area contributed by atoms with Gasteiger partial charge in [-0.2, -0.15) is 0 Å². The molecule has 0 saturated carbocycles. The Bertz CT molecular complexity index is 1610. The fourth-order valence-electron chi connectivity index (χ4n) is 6.54. The van der Waals surface area contributed by atoms with Crippen molar-refractivity contribution in [2.45, 2.75) is 37.8 Å². The van der Waals surface area contributed by atoms with Crippen LogP contribution in [0.1, 0.15) is 42.1 Å². The highest BCUT2D eigenvalue weighted by Crippen LogP contribution is 2.49. The third-order valence-corrected chi connectivity index (χ3v) is 8.66. The van der Waals surface area contributed by atoms with Crippen LogP contribution in [0.5, 0.6) is 0 Å². The molecule has 3 atom stereocenters. The van der Waals surface area contributed by atoms with Gasteiger partial charge in [0.2, 0.25) is 5.91 Å². The molecule has 0 spiro atoms. The minimum absolute atomic E-state index is 0.0581. The third-order valence-electron chi connectivity index (χ3n) is 8.66. The second-order valence-corrected chi connectivity index (χ2v) is 11.0. The summed E-state index contributed by atoms with van der Waals surface area (Å²) >= 11 is 0. The number of likely N-dealkylation sites (tertiary alicyclic amines) is 1. The summed E-state index contributed by atoms with van der Waals surface area (Å²) in [5, 5.41) is 23.5. The molecule has 3 aromatic rings. The molecule has 41 heavy (non-hydrogen) atoms. The van der Waals surface area contributed by atoms with E-state index in [1.54, 1.807) is 53.2 Å². The number of hydrogen-bond acceptors (Lipinski definition) is 5. The minimum Gasteiger partial charge on any atom is -0.394 e. The van der Waals surface area contributed by atoms with E-state index < -0.39 is 17.4 Å². The highest BCUT2D eigenvalue weighted by molar-refractivity contribution is 6.28. The molecule has 8 nitrogen and oxygen atoms in total. The maximum atomic E-state index is 13.7. The highest BCUT2D eigenvalue weighted by Gasteiger charge is 2.52. The quantitative estimate of drug-likeness (QED) is 0.404. The molecule has 3 amide bonds. The van der Waals surface area contributed by atoms with E-state index in [4.69, 9.17) is 0 Å². The molecule has 1 fully saturated rings. The van der Waals surface area contributed by atoms with Gasteiger partial charge in [-0.25, -0.2) is 0 Å². The molecule has 2 N–H and O–H groups in total. The zero-order chi connectivity index (χ0) is 28.9. The Hall–Kier alpha value is -4.27. The largest absolute Gasteiger partial charge is 0.394 e. The lowest BCUT2D eigenvalue weighted by Gasteiger charge is -2.28. The van der Waals surface area contributed by atoms with Gasteiger partial charge in [-0.1, -0.05) is 49.4 Å². The van der Waals surface area contributed by atoms with Crippen LogP contribution in [0.2, 0.25) is 0 Å². The van der Waals surface area contributed by atoms with Crippen molar-refractivity contribution < 1.29 is 24.6 Å². The van der Waals surface area contributed by atoms with E-state index in [0.717, 1.165) is 29.3 Å². The lowest BCUT2D eigenvalue weighted by Crippen LogP contribution is -2.44. The van der Waals surface area contributed by atoms with Gasteiger partial charge in [0.1, 0.15) is 0 Å². The monoisotopic (exact) mass is 551 g/mol. The number of nitrogens with zero attached hydrogens (tertiary/aromatic N) is 3. The van der Waals surface area contributed by atoms with Gasteiger partial charge in [0.15, 0.2) is 5.60 Å². The van der Waals surface area contributed by atoms with Crippen molar-refractivity contribution >= 4 is 45.6 Å².